The largest absolute Gasteiger partial charge is 0.0845 e. The van der Waals surface area contributed by atoms with Gasteiger partial charge in [0.05, 0.1) is 0 Å². The molecule has 0 aromatic rings. The maximum absolute atomic E-state index is 2.79. The first-order valence-corrected chi connectivity index (χ1v) is 20.1. The fraction of sp³-hybridized carbons (Fsp3) is 0.952. The van der Waals surface area contributed by atoms with Gasteiger partial charge in [0.1, 0.15) is 0 Å². The second kappa shape index (κ2) is 17.4. The molecule has 4 rings (SSSR count). The molecule has 0 nitrogen and oxygen atoms in total. The smallest absolute Gasteiger partial charge is 0.00851 e. The zero-order valence-corrected chi connectivity index (χ0v) is 29.6. The molecule has 4 aliphatic rings. The molecular formula is C42H76. The summed E-state index contributed by atoms with van der Waals surface area (Å²) in [4.78, 5) is 0. The van der Waals surface area contributed by atoms with Crippen molar-refractivity contribution in [1.82, 2.24) is 0 Å². The standard InChI is InChI=1S/C42H76/c1-6-8-9-10-11-12-13-14-15-16-17-18-19-20-21-22-23-24-34(3)38-27-28-39-37-26-25-36-33-35(7-2)29-31-41(36,4)40(37)30-32-42(38,39)5/h25,34-35,37-40H,6-24,26-33H2,1-5H3/t34-,35+,37?,38-,39+,40+,41+,42-/m1/s1. The maximum atomic E-state index is 2.79. The lowest BCUT2D eigenvalue weighted by molar-refractivity contribution is -0.0527. The molecule has 0 heterocycles. The van der Waals surface area contributed by atoms with Crippen molar-refractivity contribution in [2.75, 3.05) is 0 Å². The van der Waals surface area contributed by atoms with Crippen LogP contribution in [0.2, 0.25) is 0 Å². The predicted octanol–water partition coefficient (Wildman–Crippen LogP) is 14.3. The van der Waals surface area contributed by atoms with Gasteiger partial charge in [0.2, 0.25) is 0 Å². The van der Waals surface area contributed by atoms with Crippen LogP contribution in [0.4, 0.5) is 0 Å². The summed E-state index contributed by atoms with van der Waals surface area (Å²) in [5.74, 6) is 5.91. The van der Waals surface area contributed by atoms with Crippen molar-refractivity contribution in [3.05, 3.63) is 11.6 Å². The molecule has 0 bridgehead atoms. The van der Waals surface area contributed by atoms with Crippen LogP contribution in [0.5, 0.6) is 0 Å². The topological polar surface area (TPSA) is 0 Å². The molecule has 0 N–H and O–H groups in total. The average molecular weight is 581 g/mol. The Hall–Kier alpha value is -0.260. The number of hydrogen-bond donors (Lipinski definition) is 0. The van der Waals surface area contributed by atoms with Crippen LogP contribution in [-0.2, 0) is 0 Å². The van der Waals surface area contributed by atoms with Gasteiger partial charge in [-0.3, -0.25) is 0 Å². The second-order valence-electron chi connectivity index (χ2n) is 16.9. The van der Waals surface area contributed by atoms with E-state index >= 15 is 0 Å². The normalized spacial score (nSPS) is 34.9. The van der Waals surface area contributed by atoms with E-state index in [1.54, 1.807) is 6.42 Å². The molecule has 0 saturated heterocycles. The van der Waals surface area contributed by atoms with Gasteiger partial charge in [0, 0.05) is 0 Å². The first kappa shape index (κ1) is 34.6. The molecule has 3 fully saturated rings. The highest BCUT2D eigenvalue weighted by atomic mass is 14.6. The van der Waals surface area contributed by atoms with Crippen molar-refractivity contribution in [3.8, 4) is 0 Å². The second-order valence-corrected chi connectivity index (χ2v) is 16.9. The van der Waals surface area contributed by atoms with Gasteiger partial charge in [-0.15, -0.1) is 0 Å². The summed E-state index contributed by atoms with van der Waals surface area (Å²) in [6, 6.07) is 0. The van der Waals surface area contributed by atoms with Crippen molar-refractivity contribution < 1.29 is 0 Å². The van der Waals surface area contributed by atoms with Crippen LogP contribution in [0.3, 0.4) is 0 Å². The van der Waals surface area contributed by atoms with E-state index in [2.05, 4.69) is 40.7 Å². The molecule has 4 aliphatic carbocycles. The lowest BCUT2D eigenvalue weighted by Crippen LogP contribution is -2.50. The first-order valence-electron chi connectivity index (χ1n) is 20.1. The molecular weight excluding hydrogens is 504 g/mol. The summed E-state index contributed by atoms with van der Waals surface area (Å²) in [6.45, 7) is 12.9. The van der Waals surface area contributed by atoms with E-state index in [1.165, 1.54) is 167 Å². The van der Waals surface area contributed by atoms with E-state index in [9.17, 15) is 0 Å². The lowest BCUT2D eigenvalue weighted by atomic mass is 9.46. The third-order valence-electron chi connectivity index (χ3n) is 14.3. The number of allylic oxidation sites excluding steroid dienone is 2. The van der Waals surface area contributed by atoms with Crippen LogP contribution < -0.4 is 0 Å². The van der Waals surface area contributed by atoms with Crippen LogP contribution in [0.1, 0.15) is 208 Å². The Bertz CT molecular complexity index is 777. The van der Waals surface area contributed by atoms with Crippen molar-refractivity contribution in [1.29, 1.82) is 0 Å². The molecule has 0 aliphatic heterocycles. The third kappa shape index (κ3) is 8.71. The molecule has 8 atom stereocenters. The Balaban J connectivity index is 1.06. The highest BCUT2D eigenvalue weighted by molar-refractivity contribution is 5.25. The Labute approximate surface area is 265 Å². The third-order valence-corrected chi connectivity index (χ3v) is 14.3. The summed E-state index contributed by atoms with van der Waals surface area (Å²) >= 11 is 0. The van der Waals surface area contributed by atoms with Gasteiger partial charge in [0.15, 0.2) is 0 Å². The van der Waals surface area contributed by atoms with Gasteiger partial charge in [-0.2, -0.15) is 0 Å². The molecule has 0 amide bonds. The molecule has 1 unspecified atom stereocenters. The van der Waals surface area contributed by atoms with Gasteiger partial charge in [-0.05, 0) is 97.7 Å². The van der Waals surface area contributed by atoms with Gasteiger partial charge >= 0.3 is 0 Å². The fourth-order valence-corrected chi connectivity index (χ4v) is 11.5. The van der Waals surface area contributed by atoms with E-state index in [0.717, 1.165) is 35.5 Å². The maximum Gasteiger partial charge on any atom is -0.00851 e. The zero-order valence-electron chi connectivity index (χ0n) is 29.6. The minimum atomic E-state index is 0.548. The molecule has 0 aromatic heterocycles. The van der Waals surface area contributed by atoms with Gasteiger partial charge in [0.25, 0.3) is 0 Å². The van der Waals surface area contributed by atoms with Crippen molar-refractivity contribution in [2.24, 2.45) is 46.3 Å². The van der Waals surface area contributed by atoms with E-state index in [0.29, 0.717) is 10.8 Å². The van der Waals surface area contributed by atoms with E-state index < -0.39 is 0 Å². The number of unbranched alkanes of at least 4 members (excludes halogenated alkanes) is 16. The number of hydrogen-bond acceptors (Lipinski definition) is 0. The molecule has 42 heavy (non-hydrogen) atoms. The summed E-state index contributed by atoms with van der Waals surface area (Å²) in [7, 11) is 0. The molecule has 0 aromatic carbocycles. The highest BCUT2D eigenvalue weighted by Gasteiger charge is 2.59. The van der Waals surface area contributed by atoms with Crippen LogP contribution in [0.15, 0.2) is 11.6 Å². The Morgan fingerprint density at radius 2 is 1.24 bits per heavy atom. The van der Waals surface area contributed by atoms with E-state index in [4.69, 9.17) is 0 Å². The predicted molar refractivity (Wildman–Crippen MR) is 187 cm³/mol. The van der Waals surface area contributed by atoms with Crippen molar-refractivity contribution >= 4 is 0 Å². The minimum absolute atomic E-state index is 0.548. The molecule has 3 saturated carbocycles. The summed E-state index contributed by atoms with van der Waals surface area (Å²) in [5.41, 5.74) is 3.08. The Morgan fingerprint density at radius 1 is 0.667 bits per heavy atom. The van der Waals surface area contributed by atoms with Crippen molar-refractivity contribution in [2.45, 2.75) is 208 Å². The lowest BCUT2D eigenvalue weighted by Gasteiger charge is -2.58. The monoisotopic (exact) mass is 581 g/mol. The average Bonchev–Trinajstić information content (AvgIpc) is 3.35. The highest BCUT2D eigenvalue weighted by Crippen LogP contribution is 2.67. The summed E-state index contributed by atoms with van der Waals surface area (Å²) < 4.78 is 0. The zero-order chi connectivity index (χ0) is 29.8. The SMILES string of the molecule is CCCCCCCCCCCCCCCCCCC[C@@H](C)[C@H]1CC[C@H]2C3CC=C4C[C@@H](CC)CC[C@]4(C)[C@H]3CC[C@]12C. The number of rotatable bonds is 20. The Morgan fingerprint density at radius 3 is 1.81 bits per heavy atom. The molecule has 244 valence electrons. The van der Waals surface area contributed by atoms with E-state index in [1.807, 2.05) is 5.57 Å². The van der Waals surface area contributed by atoms with Crippen LogP contribution in [0, 0.1) is 46.3 Å². The minimum Gasteiger partial charge on any atom is -0.0845 e. The van der Waals surface area contributed by atoms with Crippen LogP contribution in [0.25, 0.3) is 0 Å². The fourth-order valence-electron chi connectivity index (χ4n) is 11.5. The van der Waals surface area contributed by atoms with Gasteiger partial charge < -0.3 is 0 Å². The molecule has 0 heteroatoms. The quantitative estimate of drug-likeness (QED) is 0.0992. The first-order chi connectivity index (χ1) is 20.4. The van der Waals surface area contributed by atoms with E-state index in [-0.39, 0.29) is 0 Å². The Kier molecular flexibility index (Phi) is 14.4. The van der Waals surface area contributed by atoms with Gasteiger partial charge in [-0.1, -0.05) is 168 Å². The summed E-state index contributed by atoms with van der Waals surface area (Å²) in [5, 5.41) is 0. The van der Waals surface area contributed by atoms with Crippen LogP contribution >= 0.6 is 0 Å². The van der Waals surface area contributed by atoms with Gasteiger partial charge in [-0.25, -0.2) is 0 Å². The molecule has 0 spiro atoms. The van der Waals surface area contributed by atoms with Crippen molar-refractivity contribution in [3.63, 3.8) is 0 Å². The molecule has 0 radical (unpaired) electrons. The summed E-state index contributed by atoms with van der Waals surface area (Å²) in [6.07, 6.45) is 42.8. The number of fused-ring (bicyclic) bond motifs is 5. The van der Waals surface area contributed by atoms with Crippen LogP contribution in [-0.4, -0.2) is 0 Å².